The fourth-order valence-electron chi connectivity index (χ4n) is 2.14. The Morgan fingerprint density at radius 2 is 2.18 bits per heavy atom. The van der Waals surface area contributed by atoms with Crippen LogP contribution in [0.2, 0.25) is 0 Å². The fourth-order valence-corrected chi connectivity index (χ4v) is 2.14. The average molecular weight is 311 g/mol. The number of hydrogen-bond acceptors (Lipinski definition) is 4. The molecule has 1 atom stereocenters. The van der Waals surface area contributed by atoms with E-state index in [0.717, 1.165) is 6.42 Å². The van der Waals surface area contributed by atoms with Gasteiger partial charge in [-0.05, 0) is 26.4 Å². The van der Waals surface area contributed by atoms with Crippen LogP contribution in [0.5, 0.6) is 0 Å². The Bertz CT molecular complexity index is 445. The maximum absolute atomic E-state index is 11.9. The summed E-state index contributed by atoms with van der Waals surface area (Å²) < 4.78 is 6.73. The predicted octanol–water partition coefficient (Wildman–Crippen LogP) is 1.63. The molecule has 2 amide bonds. The minimum Gasteiger partial charge on any atom is -0.383 e. The normalized spacial score (nSPS) is 12.7. The SMILES string of the molecule is COCCn1cc(NC(=O)NCC(CC(C)C)N(C)C)cn1. The Balaban J connectivity index is 2.40. The van der Waals surface area contributed by atoms with Crippen molar-refractivity contribution < 1.29 is 9.53 Å². The van der Waals surface area contributed by atoms with Crippen molar-refractivity contribution in [1.82, 2.24) is 20.0 Å². The number of carbonyl (C=O) groups excluding carboxylic acids is 1. The predicted molar refractivity (Wildman–Crippen MR) is 88.1 cm³/mol. The first-order valence-corrected chi connectivity index (χ1v) is 7.65. The molecule has 22 heavy (non-hydrogen) atoms. The molecular formula is C15H29N5O2. The van der Waals surface area contributed by atoms with E-state index in [9.17, 15) is 4.79 Å². The largest absolute Gasteiger partial charge is 0.383 e. The number of nitrogens with zero attached hydrogens (tertiary/aromatic N) is 3. The Kier molecular flexibility index (Phi) is 7.90. The molecule has 0 saturated heterocycles. The zero-order valence-corrected chi connectivity index (χ0v) is 14.3. The number of likely N-dealkylation sites (N-methyl/N-ethyl adjacent to an activating group) is 1. The molecule has 1 rings (SSSR count). The minimum absolute atomic E-state index is 0.207. The second kappa shape index (κ2) is 9.42. The van der Waals surface area contributed by atoms with Gasteiger partial charge in [-0.15, -0.1) is 0 Å². The minimum atomic E-state index is -0.207. The molecule has 0 fully saturated rings. The zero-order valence-electron chi connectivity index (χ0n) is 14.3. The van der Waals surface area contributed by atoms with Crippen molar-refractivity contribution in [2.24, 2.45) is 5.92 Å². The number of amides is 2. The van der Waals surface area contributed by atoms with E-state index < -0.39 is 0 Å². The van der Waals surface area contributed by atoms with Crippen molar-refractivity contribution in [2.45, 2.75) is 32.9 Å². The van der Waals surface area contributed by atoms with Gasteiger partial charge in [0.15, 0.2) is 0 Å². The quantitative estimate of drug-likeness (QED) is 0.727. The van der Waals surface area contributed by atoms with E-state index in [-0.39, 0.29) is 6.03 Å². The highest BCUT2D eigenvalue weighted by molar-refractivity contribution is 5.88. The van der Waals surface area contributed by atoms with Crippen molar-refractivity contribution in [2.75, 3.05) is 39.7 Å². The summed E-state index contributed by atoms with van der Waals surface area (Å²) in [5, 5.41) is 9.87. The number of ether oxygens (including phenoxy) is 1. The van der Waals surface area contributed by atoms with Gasteiger partial charge in [0.2, 0.25) is 0 Å². The Morgan fingerprint density at radius 1 is 1.45 bits per heavy atom. The smallest absolute Gasteiger partial charge is 0.319 e. The summed E-state index contributed by atoms with van der Waals surface area (Å²) in [6.45, 7) is 6.24. The van der Waals surface area contributed by atoms with Crippen LogP contribution in [-0.2, 0) is 11.3 Å². The van der Waals surface area contributed by atoms with Crippen LogP contribution in [0.3, 0.4) is 0 Å². The third-order valence-corrected chi connectivity index (χ3v) is 3.39. The standard InChI is InChI=1S/C15H29N5O2/c1-12(2)8-14(19(3)4)10-16-15(21)18-13-9-17-20(11-13)6-7-22-5/h9,11-12,14H,6-8,10H2,1-5H3,(H2,16,18,21). The van der Waals surface area contributed by atoms with Gasteiger partial charge in [0.05, 0.1) is 25.0 Å². The lowest BCUT2D eigenvalue weighted by Gasteiger charge is -2.26. The number of urea groups is 1. The number of methoxy groups -OCH3 is 1. The van der Waals surface area contributed by atoms with Gasteiger partial charge < -0.3 is 20.3 Å². The maximum Gasteiger partial charge on any atom is 0.319 e. The molecule has 1 unspecified atom stereocenters. The zero-order chi connectivity index (χ0) is 16.5. The topological polar surface area (TPSA) is 71.4 Å². The highest BCUT2D eigenvalue weighted by atomic mass is 16.5. The van der Waals surface area contributed by atoms with Crippen molar-refractivity contribution in [3.8, 4) is 0 Å². The summed E-state index contributed by atoms with van der Waals surface area (Å²) in [7, 11) is 5.72. The molecule has 0 spiro atoms. The van der Waals surface area contributed by atoms with Crippen molar-refractivity contribution in [3.63, 3.8) is 0 Å². The molecule has 1 heterocycles. The van der Waals surface area contributed by atoms with Crippen molar-refractivity contribution in [3.05, 3.63) is 12.4 Å². The van der Waals surface area contributed by atoms with Gasteiger partial charge in [-0.2, -0.15) is 5.10 Å². The summed E-state index contributed by atoms with van der Waals surface area (Å²) in [6, 6.07) is 0.122. The summed E-state index contributed by atoms with van der Waals surface area (Å²) in [6.07, 6.45) is 4.46. The fraction of sp³-hybridized carbons (Fsp3) is 0.733. The van der Waals surface area contributed by atoms with E-state index in [1.54, 1.807) is 24.2 Å². The Labute approximate surface area is 133 Å². The molecule has 0 aliphatic carbocycles. The highest BCUT2D eigenvalue weighted by Gasteiger charge is 2.14. The van der Waals surface area contributed by atoms with Gasteiger partial charge in [-0.25, -0.2) is 4.79 Å². The third kappa shape index (κ3) is 6.91. The molecule has 0 aliphatic heterocycles. The first kappa shape index (κ1) is 18.4. The van der Waals surface area contributed by atoms with Crippen LogP contribution in [0.15, 0.2) is 12.4 Å². The van der Waals surface area contributed by atoms with Crippen LogP contribution < -0.4 is 10.6 Å². The van der Waals surface area contributed by atoms with Gasteiger partial charge in [0.25, 0.3) is 0 Å². The van der Waals surface area contributed by atoms with Crippen LogP contribution in [0.4, 0.5) is 10.5 Å². The number of aromatic nitrogens is 2. The number of nitrogens with one attached hydrogen (secondary N) is 2. The van der Waals surface area contributed by atoms with E-state index in [4.69, 9.17) is 4.74 Å². The maximum atomic E-state index is 11.9. The highest BCUT2D eigenvalue weighted by Crippen LogP contribution is 2.08. The van der Waals surface area contributed by atoms with E-state index in [1.165, 1.54) is 0 Å². The first-order chi connectivity index (χ1) is 10.4. The molecule has 0 aromatic carbocycles. The molecule has 1 aromatic heterocycles. The second-order valence-electron chi connectivity index (χ2n) is 6.07. The van der Waals surface area contributed by atoms with Gasteiger partial charge in [0.1, 0.15) is 0 Å². The lowest BCUT2D eigenvalue weighted by molar-refractivity contribution is 0.183. The van der Waals surface area contributed by atoms with Gasteiger partial charge in [-0.1, -0.05) is 13.8 Å². The third-order valence-electron chi connectivity index (χ3n) is 3.39. The molecule has 7 heteroatoms. The van der Waals surface area contributed by atoms with E-state index in [0.29, 0.717) is 37.3 Å². The monoisotopic (exact) mass is 311 g/mol. The molecule has 0 bridgehead atoms. The van der Waals surface area contributed by atoms with Crippen molar-refractivity contribution >= 4 is 11.7 Å². The molecule has 0 radical (unpaired) electrons. The van der Waals surface area contributed by atoms with Crippen LogP contribution >= 0.6 is 0 Å². The van der Waals surface area contributed by atoms with Gasteiger partial charge >= 0.3 is 6.03 Å². The number of anilines is 1. The van der Waals surface area contributed by atoms with Crippen LogP contribution in [0.25, 0.3) is 0 Å². The Morgan fingerprint density at radius 3 is 2.77 bits per heavy atom. The number of carbonyl (C=O) groups is 1. The lowest BCUT2D eigenvalue weighted by Crippen LogP contribution is -2.42. The van der Waals surface area contributed by atoms with E-state index >= 15 is 0 Å². The second-order valence-corrected chi connectivity index (χ2v) is 6.07. The molecule has 2 N–H and O–H groups in total. The Hall–Kier alpha value is -1.60. The van der Waals surface area contributed by atoms with Crippen LogP contribution in [-0.4, -0.2) is 61.1 Å². The molecule has 7 nitrogen and oxygen atoms in total. The van der Waals surface area contributed by atoms with Crippen LogP contribution in [0, 0.1) is 5.92 Å². The van der Waals surface area contributed by atoms with Crippen LogP contribution in [0.1, 0.15) is 20.3 Å². The average Bonchev–Trinajstić information content (AvgIpc) is 2.88. The molecule has 126 valence electrons. The summed E-state index contributed by atoms with van der Waals surface area (Å²) in [5.74, 6) is 0.594. The molecule has 0 saturated carbocycles. The molecule has 0 aliphatic rings. The van der Waals surface area contributed by atoms with Gasteiger partial charge in [-0.3, -0.25) is 4.68 Å². The van der Waals surface area contributed by atoms with E-state index in [2.05, 4.69) is 34.5 Å². The van der Waals surface area contributed by atoms with E-state index in [1.807, 2.05) is 14.1 Å². The molecule has 1 aromatic rings. The molecular weight excluding hydrogens is 282 g/mol. The first-order valence-electron chi connectivity index (χ1n) is 7.65. The van der Waals surface area contributed by atoms with Gasteiger partial charge in [0, 0.05) is 25.9 Å². The summed E-state index contributed by atoms with van der Waals surface area (Å²) in [4.78, 5) is 14.1. The summed E-state index contributed by atoms with van der Waals surface area (Å²) >= 11 is 0. The number of hydrogen-bond donors (Lipinski definition) is 2. The lowest BCUT2D eigenvalue weighted by atomic mass is 10.0. The number of rotatable bonds is 9. The van der Waals surface area contributed by atoms with Crippen molar-refractivity contribution in [1.29, 1.82) is 0 Å². The summed E-state index contributed by atoms with van der Waals surface area (Å²) in [5.41, 5.74) is 0.680.